The summed E-state index contributed by atoms with van der Waals surface area (Å²) in [4.78, 5) is 24.0. The molecule has 1 aromatic heterocycles. The highest BCUT2D eigenvalue weighted by Gasteiger charge is 2.14. The van der Waals surface area contributed by atoms with Crippen molar-refractivity contribution in [3.05, 3.63) is 78.9 Å². The predicted octanol–water partition coefficient (Wildman–Crippen LogP) is 4.02. The molecule has 0 saturated heterocycles. The lowest BCUT2D eigenvalue weighted by atomic mass is 10.0. The van der Waals surface area contributed by atoms with E-state index in [9.17, 15) is 9.59 Å². The Kier molecular flexibility index (Phi) is 6.57. The van der Waals surface area contributed by atoms with E-state index >= 15 is 0 Å². The van der Waals surface area contributed by atoms with Crippen LogP contribution in [0.1, 0.15) is 6.92 Å². The monoisotopic (exact) mass is 444 g/mol. The number of anilines is 2. The van der Waals surface area contributed by atoms with Crippen LogP contribution in [0.3, 0.4) is 0 Å². The molecule has 0 bridgehead atoms. The SMILES string of the molecule is CC(=O)Nc1cccc(-n2nnnc2SCC(=O)Nc2ccccc2-c2ccccc2)c1. The van der Waals surface area contributed by atoms with Crippen LogP contribution in [-0.2, 0) is 9.59 Å². The molecule has 0 radical (unpaired) electrons. The second-order valence-electron chi connectivity index (χ2n) is 6.85. The predicted molar refractivity (Wildman–Crippen MR) is 125 cm³/mol. The Balaban J connectivity index is 1.45. The van der Waals surface area contributed by atoms with Gasteiger partial charge in [0.2, 0.25) is 17.0 Å². The molecule has 1 heterocycles. The Bertz CT molecular complexity index is 1240. The summed E-state index contributed by atoms with van der Waals surface area (Å²) in [7, 11) is 0. The first-order chi connectivity index (χ1) is 15.6. The van der Waals surface area contributed by atoms with Crippen LogP contribution in [0.4, 0.5) is 11.4 Å². The molecule has 0 spiro atoms. The number of carbonyl (C=O) groups is 2. The zero-order valence-corrected chi connectivity index (χ0v) is 18.0. The maximum atomic E-state index is 12.7. The molecule has 0 unspecified atom stereocenters. The molecule has 9 heteroatoms. The van der Waals surface area contributed by atoms with E-state index in [0.29, 0.717) is 16.5 Å². The zero-order chi connectivity index (χ0) is 22.3. The summed E-state index contributed by atoms with van der Waals surface area (Å²) in [6.07, 6.45) is 0. The minimum atomic E-state index is -0.167. The Morgan fingerprint density at radius 1 is 0.938 bits per heavy atom. The number of para-hydroxylation sites is 1. The number of nitrogens with zero attached hydrogens (tertiary/aromatic N) is 4. The highest BCUT2D eigenvalue weighted by Crippen LogP contribution is 2.28. The van der Waals surface area contributed by atoms with Gasteiger partial charge in [-0.25, -0.2) is 0 Å². The largest absolute Gasteiger partial charge is 0.326 e. The fourth-order valence-corrected chi connectivity index (χ4v) is 3.82. The number of carbonyl (C=O) groups excluding carboxylic acids is 2. The number of benzene rings is 3. The third-order valence-corrected chi connectivity index (χ3v) is 5.39. The van der Waals surface area contributed by atoms with E-state index in [1.54, 1.807) is 18.2 Å². The second-order valence-corrected chi connectivity index (χ2v) is 7.80. The number of rotatable bonds is 7. The molecule has 0 fully saturated rings. The Labute approximate surface area is 189 Å². The second kappa shape index (κ2) is 9.88. The highest BCUT2D eigenvalue weighted by molar-refractivity contribution is 7.99. The molecule has 3 aromatic carbocycles. The smallest absolute Gasteiger partial charge is 0.234 e. The molecule has 4 aromatic rings. The average Bonchev–Trinajstić information content (AvgIpc) is 3.27. The molecule has 4 rings (SSSR count). The van der Waals surface area contributed by atoms with Gasteiger partial charge in [-0.2, -0.15) is 4.68 Å². The van der Waals surface area contributed by atoms with Gasteiger partial charge in [-0.1, -0.05) is 66.4 Å². The van der Waals surface area contributed by atoms with Crippen molar-refractivity contribution >= 4 is 35.0 Å². The zero-order valence-electron chi connectivity index (χ0n) is 17.2. The number of nitrogens with one attached hydrogen (secondary N) is 2. The van der Waals surface area contributed by atoms with Gasteiger partial charge in [0.05, 0.1) is 11.4 Å². The van der Waals surface area contributed by atoms with E-state index in [-0.39, 0.29) is 17.6 Å². The molecule has 0 atom stereocenters. The molecule has 32 heavy (non-hydrogen) atoms. The van der Waals surface area contributed by atoms with Crippen LogP contribution in [0, 0.1) is 0 Å². The quantitative estimate of drug-likeness (QED) is 0.418. The molecule has 0 aliphatic carbocycles. The number of hydrogen-bond acceptors (Lipinski definition) is 6. The van der Waals surface area contributed by atoms with E-state index in [0.717, 1.165) is 16.8 Å². The van der Waals surface area contributed by atoms with Gasteiger partial charge < -0.3 is 10.6 Å². The summed E-state index contributed by atoms with van der Waals surface area (Å²) < 4.78 is 1.53. The summed E-state index contributed by atoms with van der Waals surface area (Å²) in [5, 5.41) is 17.9. The van der Waals surface area contributed by atoms with Crippen LogP contribution in [0.5, 0.6) is 0 Å². The van der Waals surface area contributed by atoms with Crippen molar-refractivity contribution in [1.29, 1.82) is 0 Å². The molecule has 8 nitrogen and oxygen atoms in total. The van der Waals surface area contributed by atoms with Crippen molar-refractivity contribution in [2.75, 3.05) is 16.4 Å². The maximum Gasteiger partial charge on any atom is 0.234 e. The Morgan fingerprint density at radius 3 is 2.53 bits per heavy atom. The van der Waals surface area contributed by atoms with Crippen molar-refractivity contribution in [2.24, 2.45) is 0 Å². The minimum absolute atomic E-state index is 0.134. The maximum absolute atomic E-state index is 12.7. The number of amides is 2. The van der Waals surface area contributed by atoms with Crippen LogP contribution >= 0.6 is 11.8 Å². The van der Waals surface area contributed by atoms with Gasteiger partial charge in [0, 0.05) is 23.9 Å². The molecule has 160 valence electrons. The van der Waals surface area contributed by atoms with E-state index in [4.69, 9.17) is 0 Å². The minimum Gasteiger partial charge on any atom is -0.326 e. The van der Waals surface area contributed by atoms with Crippen molar-refractivity contribution in [3.8, 4) is 16.8 Å². The summed E-state index contributed by atoms with van der Waals surface area (Å²) >= 11 is 1.22. The van der Waals surface area contributed by atoms with Crippen LogP contribution in [0.25, 0.3) is 16.8 Å². The Hall–Kier alpha value is -3.98. The summed E-state index contributed by atoms with van der Waals surface area (Å²) in [5.41, 5.74) is 4.03. The van der Waals surface area contributed by atoms with E-state index in [1.807, 2.05) is 60.7 Å². The number of thioether (sulfide) groups is 1. The lowest BCUT2D eigenvalue weighted by Gasteiger charge is -2.11. The van der Waals surface area contributed by atoms with Gasteiger partial charge in [-0.3, -0.25) is 9.59 Å². The van der Waals surface area contributed by atoms with Crippen molar-refractivity contribution < 1.29 is 9.59 Å². The van der Waals surface area contributed by atoms with Gasteiger partial charge >= 0.3 is 0 Å². The van der Waals surface area contributed by atoms with Crippen molar-refractivity contribution in [3.63, 3.8) is 0 Å². The van der Waals surface area contributed by atoms with Gasteiger partial charge in [-0.15, -0.1) is 5.10 Å². The number of aromatic nitrogens is 4. The number of hydrogen-bond donors (Lipinski definition) is 2. The lowest BCUT2D eigenvalue weighted by Crippen LogP contribution is -2.15. The normalized spacial score (nSPS) is 10.5. The highest BCUT2D eigenvalue weighted by atomic mass is 32.2. The molecule has 0 saturated carbocycles. The van der Waals surface area contributed by atoms with E-state index in [1.165, 1.54) is 23.4 Å². The van der Waals surface area contributed by atoms with E-state index < -0.39 is 0 Å². The van der Waals surface area contributed by atoms with Crippen LogP contribution in [0.15, 0.2) is 84.0 Å². The summed E-state index contributed by atoms with van der Waals surface area (Å²) in [6, 6.07) is 24.7. The summed E-state index contributed by atoms with van der Waals surface area (Å²) in [5.74, 6) is -0.199. The van der Waals surface area contributed by atoms with Crippen molar-refractivity contribution in [1.82, 2.24) is 20.2 Å². The molecular weight excluding hydrogens is 424 g/mol. The third-order valence-electron chi connectivity index (χ3n) is 4.47. The first-order valence-electron chi connectivity index (χ1n) is 9.83. The average molecular weight is 445 g/mol. The number of tetrazole rings is 1. The summed E-state index contributed by atoms with van der Waals surface area (Å²) in [6.45, 7) is 1.44. The van der Waals surface area contributed by atoms with Crippen LogP contribution in [0.2, 0.25) is 0 Å². The van der Waals surface area contributed by atoms with Gasteiger partial charge in [-0.05, 0) is 40.3 Å². The molecule has 0 aliphatic rings. The fourth-order valence-electron chi connectivity index (χ4n) is 3.13. The lowest BCUT2D eigenvalue weighted by molar-refractivity contribution is -0.114. The first kappa shape index (κ1) is 21.3. The van der Waals surface area contributed by atoms with Gasteiger partial charge in [0.1, 0.15) is 0 Å². The van der Waals surface area contributed by atoms with Gasteiger partial charge in [0.15, 0.2) is 0 Å². The molecular formula is C23H20N6O2S. The fraction of sp³-hybridized carbons (Fsp3) is 0.0870. The molecule has 2 amide bonds. The molecule has 0 aliphatic heterocycles. The standard InChI is InChI=1S/C23H20N6O2S/c1-16(30)24-18-10-7-11-19(14-18)29-23(26-27-28-29)32-15-22(31)25-21-13-6-5-12-20(21)17-8-3-2-4-9-17/h2-14H,15H2,1H3,(H,24,30)(H,25,31). The van der Waals surface area contributed by atoms with Crippen molar-refractivity contribution in [2.45, 2.75) is 12.1 Å². The van der Waals surface area contributed by atoms with Gasteiger partial charge in [0.25, 0.3) is 0 Å². The topological polar surface area (TPSA) is 102 Å². The Morgan fingerprint density at radius 2 is 1.72 bits per heavy atom. The van der Waals surface area contributed by atoms with Crippen LogP contribution in [-0.4, -0.2) is 37.8 Å². The molecule has 2 N–H and O–H groups in total. The first-order valence-corrected chi connectivity index (χ1v) is 10.8. The van der Waals surface area contributed by atoms with E-state index in [2.05, 4.69) is 26.2 Å². The van der Waals surface area contributed by atoms with Crippen LogP contribution < -0.4 is 10.6 Å². The third kappa shape index (κ3) is 5.19.